The predicted molar refractivity (Wildman–Crippen MR) is 128 cm³/mol. The molecule has 0 aromatic carbocycles. The molecule has 1 aliphatic rings. The third-order valence-electron chi connectivity index (χ3n) is 4.28. The first kappa shape index (κ1) is 24.9. The molecule has 27 heavy (non-hydrogen) atoms. The zero-order valence-corrected chi connectivity index (χ0v) is 20.6. The van der Waals surface area contributed by atoms with Crippen molar-refractivity contribution in [1.29, 1.82) is 0 Å². The molecular formula is C18H34IN5OS2. The highest BCUT2D eigenvalue weighted by atomic mass is 127. The highest BCUT2D eigenvalue weighted by molar-refractivity contribution is 14.0. The van der Waals surface area contributed by atoms with Crippen LogP contribution in [0.2, 0.25) is 0 Å². The van der Waals surface area contributed by atoms with Gasteiger partial charge in [-0.1, -0.05) is 25.6 Å². The predicted octanol–water partition coefficient (Wildman–Crippen LogP) is 3.16. The van der Waals surface area contributed by atoms with Crippen LogP contribution in [0, 0.1) is 5.92 Å². The number of rotatable bonds is 10. The van der Waals surface area contributed by atoms with Gasteiger partial charge in [0.2, 0.25) is 0 Å². The maximum atomic E-state index is 5.50. The van der Waals surface area contributed by atoms with Gasteiger partial charge in [0.1, 0.15) is 4.34 Å². The molecule has 0 saturated carbocycles. The van der Waals surface area contributed by atoms with Gasteiger partial charge < -0.3 is 15.4 Å². The normalized spacial score (nSPS) is 16.8. The molecule has 1 atom stereocenters. The van der Waals surface area contributed by atoms with Crippen LogP contribution < -0.4 is 10.6 Å². The Morgan fingerprint density at radius 2 is 2.15 bits per heavy atom. The van der Waals surface area contributed by atoms with E-state index < -0.39 is 0 Å². The number of nitrogens with one attached hydrogen (secondary N) is 2. The van der Waals surface area contributed by atoms with Gasteiger partial charge in [0.25, 0.3) is 0 Å². The molecule has 0 bridgehead atoms. The van der Waals surface area contributed by atoms with Gasteiger partial charge in [-0.2, -0.15) is 0 Å². The second-order valence-corrected chi connectivity index (χ2v) is 9.05. The highest BCUT2D eigenvalue weighted by Crippen LogP contribution is 2.20. The van der Waals surface area contributed by atoms with Gasteiger partial charge in [-0.3, -0.25) is 9.89 Å². The van der Waals surface area contributed by atoms with Gasteiger partial charge in [-0.25, -0.2) is 4.98 Å². The summed E-state index contributed by atoms with van der Waals surface area (Å²) in [5, 5.41) is 8.96. The molecule has 2 rings (SSSR count). The molecule has 2 N–H and O–H groups in total. The van der Waals surface area contributed by atoms with Crippen molar-refractivity contribution in [2.75, 3.05) is 52.2 Å². The van der Waals surface area contributed by atoms with Crippen LogP contribution in [0.15, 0.2) is 20.9 Å². The van der Waals surface area contributed by atoms with Gasteiger partial charge in [0, 0.05) is 56.6 Å². The molecule has 0 radical (unpaired) electrons. The van der Waals surface area contributed by atoms with E-state index in [9.17, 15) is 0 Å². The molecule has 1 aliphatic heterocycles. The topological polar surface area (TPSA) is 61.8 Å². The molecule has 0 amide bonds. The van der Waals surface area contributed by atoms with Crippen molar-refractivity contribution >= 4 is 53.0 Å². The van der Waals surface area contributed by atoms with Crippen LogP contribution in [0.25, 0.3) is 0 Å². The Balaban J connectivity index is 0.00000364. The number of halogens is 1. The minimum atomic E-state index is 0. The van der Waals surface area contributed by atoms with Gasteiger partial charge in [0.05, 0.1) is 13.2 Å². The summed E-state index contributed by atoms with van der Waals surface area (Å²) in [6, 6.07) is 0.526. The highest BCUT2D eigenvalue weighted by Gasteiger charge is 2.22. The fraction of sp³-hybridized carbons (Fsp3) is 0.778. The van der Waals surface area contributed by atoms with Gasteiger partial charge in [-0.15, -0.1) is 35.3 Å². The summed E-state index contributed by atoms with van der Waals surface area (Å²) in [6.07, 6.45) is 4.14. The lowest BCUT2D eigenvalue weighted by Gasteiger charge is -2.35. The van der Waals surface area contributed by atoms with E-state index in [1.807, 2.05) is 30.4 Å². The first-order valence-corrected chi connectivity index (χ1v) is 11.3. The Morgan fingerprint density at radius 3 is 2.78 bits per heavy atom. The zero-order chi connectivity index (χ0) is 18.6. The lowest BCUT2D eigenvalue weighted by Crippen LogP contribution is -2.51. The molecule has 1 unspecified atom stereocenters. The van der Waals surface area contributed by atoms with E-state index in [1.165, 1.54) is 6.42 Å². The number of hydrogen-bond donors (Lipinski definition) is 2. The SMILES string of the molecule is CN=C(NCCCSc1nccs1)NCC(CC(C)C)N1CCOCC1.I. The molecule has 156 valence electrons. The molecule has 1 saturated heterocycles. The Morgan fingerprint density at radius 1 is 1.37 bits per heavy atom. The smallest absolute Gasteiger partial charge is 0.191 e. The lowest BCUT2D eigenvalue weighted by atomic mass is 10.0. The molecule has 2 heterocycles. The van der Waals surface area contributed by atoms with E-state index >= 15 is 0 Å². The van der Waals surface area contributed by atoms with E-state index in [0.29, 0.717) is 12.0 Å². The second-order valence-electron chi connectivity index (χ2n) is 6.81. The summed E-state index contributed by atoms with van der Waals surface area (Å²) >= 11 is 3.52. The minimum Gasteiger partial charge on any atom is -0.379 e. The fourth-order valence-electron chi connectivity index (χ4n) is 3.00. The molecule has 0 aliphatic carbocycles. The van der Waals surface area contributed by atoms with Crippen LogP contribution in [0.5, 0.6) is 0 Å². The van der Waals surface area contributed by atoms with Crippen molar-refractivity contribution in [1.82, 2.24) is 20.5 Å². The third kappa shape index (κ3) is 10.3. The Bertz CT molecular complexity index is 510. The number of hydrogen-bond acceptors (Lipinski definition) is 6. The maximum absolute atomic E-state index is 5.50. The van der Waals surface area contributed by atoms with Crippen LogP contribution >= 0.6 is 47.1 Å². The van der Waals surface area contributed by atoms with E-state index in [0.717, 1.165) is 61.9 Å². The minimum absolute atomic E-state index is 0. The summed E-state index contributed by atoms with van der Waals surface area (Å²) in [5.74, 6) is 2.65. The molecule has 9 heteroatoms. The van der Waals surface area contributed by atoms with Crippen LogP contribution in [-0.4, -0.2) is 74.1 Å². The first-order valence-electron chi connectivity index (χ1n) is 9.47. The number of thioether (sulfide) groups is 1. The summed E-state index contributed by atoms with van der Waals surface area (Å²) in [7, 11) is 1.84. The van der Waals surface area contributed by atoms with Crippen LogP contribution in [0.1, 0.15) is 26.7 Å². The Labute approximate surface area is 189 Å². The number of thiazole rings is 1. The molecule has 1 aromatic heterocycles. The van der Waals surface area contributed by atoms with Crippen molar-refractivity contribution in [3.8, 4) is 0 Å². The number of nitrogens with zero attached hydrogens (tertiary/aromatic N) is 3. The van der Waals surface area contributed by atoms with Gasteiger partial charge in [-0.05, 0) is 18.8 Å². The molecule has 6 nitrogen and oxygen atoms in total. The Hall–Kier alpha value is -0.100. The van der Waals surface area contributed by atoms with E-state index in [-0.39, 0.29) is 24.0 Å². The first-order chi connectivity index (χ1) is 12.7. The van der Waals surface area contributed by atoms with Crippen molar-refractivity contribution in [3.63, 3.8) is 0 Å². The average Bonchev–Trinajstić information content (AvgIpc) is 3.16. The number of guanidine groups is 1. The second kappa shape index (κ2) is 14.8. The number of morpholine rings is 1. The monoisotopic (exact) mass is 527 g/mol. The van der Waals surface area contributed by atoms with Crippen LogP contribution in [0.3, 0.4) is 0 Å². The molecular weight excluding hydrogens is 493 g/mol. The maximum Gasteiger partial charge on any atom is 0.191 e. The summed E-state index contributed by atoms with van der Waals surface area (Å²) < 4.78 is 6.65. The van der Waals surface area contributed by atoms with E-state index in [1.54, 1.807) is 11.3 Å². The summed E-state index contributed by atoms with van der Waals surface area (Å²) in [5.41, 5.74) is 0. The van der Waals surface area contributed by atoms with Crippen LogP contribution in [0.4, 0.5) is 0 Å². The fourth-order valence-corrected chi connectivity index (χ4v) is 4.65. The lowest BCUT2D eigenvalue weighted by molar-refractivity contribution is 0.0132. The van der Waals surface area contributed by atoms with Crippen molar-refractivity contribution in [2.45, 2.75) is 37.1 Å². The standard InChI is InChI=1S/C18H33N5OS2.HI/c1-15(2)13-16(23-7-9-24-10-8-23)14-22-17(19-3)20-5-4-11-25-18-21-6-12-26-18;/h6,12,15-16H,4-5,7-11,13-14H2,1-3H3,(H2,19,20,22);1H. The Kier molecular flexibility index (Phi) is 13.7. The molecule has 1 fully saturated rings. The molecule has 0 spiro atoms. The van der Waals surface area contributed by atoms with Crippen molar-refractivity contribution in [3.05, 3.63) is 11.6 Å². The van der Waals surface area contributed by atoms with Crippen molar-refractivity contribution < 1.29 is 4.74 Å². The quantitative estimate of drug-likeness (QED) is 0.160. The van der Waals surface area contributed by atoms with Gasteiger partial charge >= 0.3 is 0 Å². The van der Waals surface area contributed by atoms with E-state index in [2.05, 4.69) is 39.4 Å². The van der Waals surface area contributed by atoms with Gasteiger partial charge in [0.15, 0.2) is 5.96 Å². The largest absolute Gasteiger partial charge is 0.379 e. The van der Waals surface area contributed by atoms with Crippen molar-refractivity contribution in [2.24, 2.45) is 10.9 Å². The number of ether oxygens (including phenoxy) is 1. The number of aliphatic imine (C=N–C) groups is 1. The summed E-state index contributed by atoms with van der Waals surface area (Å²) in [4.78, 5) is 11.2. The number of aromatic nitrogens is 1. The average molecular weight is 528 g/mol. The van der Waals surface area contributed by atoms with Crippen LogP contribution in [-0.2, 0) is 4.74 Å². The third-order valence-corrected chi connectivity index (χ3v) is 6.34. The van der Waals surface area contributed by atoms with E-state index in [4.69, 9.17) is 4.74 Å². The summed E-state index contributed by atoms with van der Waals surface area (Å²) in [6.45, 7) is 10.2. The molecule has 1 aromatic rings. The zero-order valence-electron chi connectivity index (χ0n) is 16.6.